The number of allylic oxidation sites excluding steroid dienone is 1. The van der Waals surface area contributed by atoms with E-state index >= 15 is 0 Å². The van der Waals surface area contributed by atoms with E-state index in [1.54, 1.807) is 0 Å². The SMILES string of the molecule is C=C(C)CCc1cc(F)c(F)c(F)c1. The lowest BCUT2D eigenvalue weighted by Crippen LogP contribution is -1.95. The van der Waals surface area contributed by atoms with Crippen molar-refractivity contribution in [1.82, 2.24) is 0 Å². The molecule has 0 aliphatic rings. The molecule has 0 spiro atoms. The number of hydrogen-bond acceptors (Lipinski definition) is 0. The Bertz CT molecular complexity index is 333. The standard InChI is InChI=1S/C11H11F3/c1-7(2)3-4-8-5-9(12)11(14)10(13)6-8/h5-6H,1,3-4H2,2H3. The lowest BCUT2D eigenvalue weighted by Gasteiger charge is -2.02. The maximum Gasteiger partial charge on any atom is 0.194 e. The summed E-state index contributed by atoms with van der Waals surface area (Å²) in [6.07, 6.45) is 1.12. The molecule has 1 rings (SSSR count). The first-order valence-corrected chi connectivity index (χ1v) is 4.28. The largest absolute Gasteiger partial charge is 0.204 e. The molecule has 0 heterocycles. The molecule has 0 nitrogen and oxygen atoms in total. The monoisotopic (exact) mass is 200 g/mol. The molecular weight excluding hydrogens is 189 g/mol. The first kappa shape index (κ1) is 10.8. The van der Waals surface area contributed by atoms with Gasteiger partial charge in [-0.2, -0.15) is 0 Å². The molecule has 0 saturated heterocycles. The van der Waals surface area contributed by atoms with Crippen LogP contribution in [0.2, 0.25) is 0 Å². The van der Waals surface area contributed by atoms with E-state index in [1.807, 2.05) is 6.92 Å². The van der Waals surface area contributed by atoms with E-state index in [1.165, 1.54) is 0 Å². The van der Waals surface area contributed by atoms with Crippen LogP contribution in [0.5, 0.6) is 0 Å². The second-order valence-corrected chi connectivity index (χ2v) is 3.33. The van der Waals surface area contributed by atoms with Gasteiger partial charge < -0.3 is 0 Å². The zero-order valence-corrected chi connectivity index (χ0v) is 7.91. The fraction of sp³-hybridized carbons (Fsp3) is 0.273. The van der Waals surface area contributed by atoms with Crippen LogP contribution >= 0.6 is 0 Å². The number of aryl methyl sites for hydroxylation is 1. The van der Waals surface area contributed by atoms with Gasteiger partial charge in [0.1, 0.15) is 0 Å². The highest BCUT2D eigenvalue weighted by Crippen LogP contribution is 2.15. The maximum absolute atomic E-state index is 12.7. The summed E-state index contributed by atoms with van der Waals surface area (Å²) in [4.78, 5) is 0. The van der Waals surface area contributed by atoms with Crippen molar-refractivity contribution < 1.29 is 13.2 Å². The molecule has 0 amide bonds. The van der Waals surface area contributed by atoms with Crippen molar-refractivity contribution in [2.75, 3.05) is 0 Å². The molecule has 0 atom stereocenters. The van der Waals surface area contributed by atoms with E-state index in [9.17, 15) is 13.2 Å². The smallest absolute Gasteiger partial charge is 0.194 e. The highest BCUT2D eigenvalue weighted by molar-refractivity contribution is 5.20. The van der Waals surface area contributed by atoms with E-state index in [0.717, 1.165) is 17.7 Å². The predicted octanol–water partition coefficient (Wildman–Crippen LogP) is 3.61. The lowest BCUT2D eigenvalue weighted by molar-refractivity contribution is 0.445. The second kappa shape index (κ2) is 4.31. The summed E-state index contributed by atoms with van der Waals surface area (Å²) in [5, 5.41) is 0. The molecule has 0 aliphatic heterocycles. The van der Waals surface area contributed by atoms with Gasteiger partial charge in [0.15, 0.2) is 17.5 Å². The number of benzene rings is 1. The Balaban J connectivity index is 2.84. The van der Waals surface area contributed by atoms with Crippen LogP contribution in [-0.2, 0) is 6.42 Å². The minimum Gasteiger partial charge on any atom is -0.204 e. The Morgan fingerprint density at radius 3 is 2.14 bits per heavy atom. The second-order valence-electron chi connectivity index (χ2n) is 3.33. The highest BCUT2D eigenvalue weighted by atomic mass is 19.2. The fourth-order valence-electron chi connectivity index (χ4n) is 1.11. The van der Waals surface area contributed by atoms with Crippen LogP contribution in [0.3, 0.4) is 0 Å². The van der Waals surface area contributed by atoms with Crippen molar-refractivity contribution in [3.05, 3.63) is 47.3 Å². The summed E-state index contributed by atoms with van der Waals surface area (Å²) >= 11 is 0. The van der Waals surface area contributed by atoms with Gasteiger partial charge in [-0.05, 0) is 37.5 Å². The Morgan fingerprint density at radius 1 is 1.21 bits per heavy atom. The van der Waals surface area contributed by atoms with E-state index in [0.29, 0.717) is 18.4 Å². The summed E-state index contributed by atoms with van der Waals surface area (Å²) in [6, 6.07) is 2.03. The van der Waals surface area contributed by atoms with E-state index < -0.39 is 17.5 Å². The molecule has 0 bridgehead atoms. The zero-order chi connectivity index (χ0) is 10.7. The van der Waals surface area contributed by atoms with Crippen LogP contribution in [0.1, 0.15) is 18.9 Å². The van der Waals surface area contributed by atoms with Crippen LogP contribution in [0, 0.1) is 17.5 Å². The summed E-state index contributed by atoms with van der Waals surface area (Å²) in [6.45, 7) is 5.50. The van der Waals surface area contributed by atoms with Gasteiger partial charge in [0.25, 0.3) is 0 Å². The number of rotatable bonds is 3. The maximum atomic E-state index is 12.7. The average Bonchev–Trinajstić information content (AvgIpc) is 2.10. The summed E-state index contributed by atoms with van der Waals surface area (Å²) < 4.78 is 38.0. The third kappa shape index (κ3) is 2.62. The van der Waals surface area contributed by atoms with Crippen LogP contribution in [0.25, 0.3) is 0 Å². The lowest BCUT2D eigenvalue weighted by atomic mass is 10.1. The molecule has 0 unspecified atom stereocenters. The minimum atomic E-state index is -1.41. The van der Waals surface area contributed by atoms with Crippen LogP contribution in [0.15, 0.2) is 24.3 Å². The molecule has 0 saturated carbocycles. The van der Waals surface area contributed by atoms with Gasteiger partial charge in [0.2, 0.25) is 0 Å². The van der Waals surface area contributed by atoms with Gasteiger partial charge in [-0.15, -0.1) is 6.58 Å². The van der Waals surface area contributed by atoms with Gasteiger partial charge in [0.05, 0.1) is 0 Å². The Hall–Kier alpha value is -1.25. The third-order valence-corrected chi connectivity index (χ3v) is 1.88. The van der Waals surface area contributed by atoms with Crippen molar-refractivity contribution in [2.45, 2.75) is 19.8 Å². The Morgan fingerprint density at radius 2 is 1.71 bits per heavy atom. The van der Waals surface area contributed by atoms with Gasteiger partial charge in [-0.3, -0.25) is 0 Å². The first-order valence-electron chi connectivity index (χ1n) is 4.28. The van der Waals surface area contributed by atoms with Crippen LogP contribution < -0.4 is 0 Å². The summed E-state index contributed by atoms with van der Waals surface area (Å²) in [7, 11) is 0. The Labute approximate surface area is 81.1 Å². The molecule has 76 valence electrons. The minimum absolute atomic E-state index is 0.449. The van der Waals surface area contributed by atoms with Gasteiger partial charge in [-0.25, -0.2) is 13.2 Å². The molecular formula is C11H11F3. The summed E-state index contributed by atoms with van der Waals surface area (Å²) in [5.74, 6) is -3.69. The predicted molar refractivity (Wildman–Crippen MR) is 49.5 cm³/mol. The molecule has 0 aromatic heterocycles. The number of halogens is 3. The van der Waals surface area contributed by atoms with Gasteiger partial charge in [-0.1, -0.05) is 5.57 Å². The molecule has 0 aliphatic carbocycles. The van der Waals surface area contributed by atoms with Crippen molar-refractivity contribution in [3.8, 4) is 0 Å². The molecule has 3 heteroatoms. The van der Waals surface area contributed by atoms with E-state index in [4.69, 9.17) is 0 Å². The van der Waals surface area contributed by atoms with Crippen molar-refractivity contribution in [3.63, 3.8) is 0 Å². The fourth-order valence-corrected chi connectivity index (χ4v) is 1.11. The van der Waals surface area contributed by atoms with Crippen LogP contribution in [0.4, 0.5) is 13.2 Å². The number of hydrogen-bond donors (Lipinski definition) is 0. The molecule has 0 radical (unpaired) electrons. The van der Waals surface area contributed by atoms with Crippen LogP contribution in [-0.4, -0.2) is 0 Å². The first-order chi connectivity index (χ1) is 6.50. The van der Waals surface area contributed by atoms with Crippen molar-refractivity contribution in [2.24, 2.45) is 0 Å². The molecule has 1 aromatic carbocycles. The third-order valence-electron chi connectivity index (χ3n) is 1.88. The quantitative estimate of drug-likeness (QED) is 0.516. The normalized spacial score (nSPS) is 10.3. The van der Waals surface area contributed by atoms with Gasteiger partial charge in [0, 0.05) is 0 Å². The Kier molecular flexibility index (Phi) is 3.33. The summed E-state index contributed by atoms with van der Waals surface area (Å²) in [5.41, 5.74) is 1.37. The molecule has 14 heavy (non-hydrogen) atoms. The van der Waals surface area contributed by atoms with Crippen molar-refractivity contribution >= 4 is 0 Å². The molecule has 0 N–H and O–H groups in total. The zero-order valence-electron chi connectivity index (χ0n) is 7.91. The van der Waals surface area contributed by atoms with E-state index in [-0.39, 0.29) is 0 Å². The van der Waals surface area contributed by atoms with Gasteiger partial charge >= 0.3 is 0 Å². The van der Waals surface area contributed by atoms with E-state index in [2.05, 4.69) is 6.58 Å². The highest BCUT2D eigenvalue weighted by Gasteiger charge is 2.09. The topological polar surface area (TPSA) is 0 Å². The molecule has 0 fully saturated rings. The van der Waals surface area contributed by atoms with Crippen molar-refractivity contribution in [1.29, 1.82) is 0 Å². The average molecular weight is 200 g/mol. The molecule has 1 aromatic rings.